The van der Waals surface area contributed by atoms with E-state index >= 15 is 0 Å². The average molecular weight is 220 g/mol. The molecule has 0 aromatic heterocycles. The van der Waals surface area contributed by atoms with Gasteiger partial charge in [-0.05, 0) is 30.3 Å². The van der Waals surface area contributed by atoms with E-state index in [2.05, 4.69) is 18.0 Å². The second kappa shape index (κ2) is 5.02. The minimum Gasteiger partial charge on any atom is -0.277 e. The number of halogens is 2. The Morgan fingerprint density at radius 3 is 2.77 bits per heavy atom. The van der Waals surface area contributed by atoms with Crippen LogP contribution in [-0.4, -0.2) is 18.1 Å². The maximum absolute atomic E-state index is 5.82. The molecule has 13 heavy (non-hydrogen) atoms. The van der Waals surface area contributed by atoms with Gasteiger partial charge < -0.3 is 0 Å². The van der Waals surface area contributed by atoms with Crippen molar-refractivity contribution in [2.75, 3.05) is 12.9 Å². The highest BCUT2D eigenvalue weighted by Gasteiger charge is 2.35. The van der Waals surface area contributed by atoms with Crippen LogP contribution in [0.5, 0.6) is 0 Å². The second-order valence-electron chi connectivity index (χ2n) is 3.61. The first kappa shape index (κ1) is 11.1. The van der Waals surface area contributed by atoms with E-state index in [9.17, 15) is 0 Å². The smallest absolute Gasteiger partial charge is 0.122 e. The Morgan fingerprint density at radius 2 is 2.31 bits per heavy atom. The van der Waals surface area contributed by atoms with E-state index in [1.54, 1.807) is 7.05 Å². The number of alkyl halides is 1. The molecule has 1 rings (SSSR count). The monoisotopic (exact) mass is 219 g/mol. The van der Waals surface area contributed by atoms with Crippen LogP contribution in [0.15, 0.2) is 17.1 Å². The van der Waals surface area contributed by atoms with Crippen molar-refractivity contribution < 1.29 is 0 Å². The molecule has 3 heteroatoms. The molecule has 0 radical (unpaired) electrons. The molecule has 1 nitrogen and oxygen atoms in total. The average Bonchev–Trinajstić information content (AvgIpc) is 2.13. The van der Waals surface area contributed by atoms with Gasteiger partial charge >= 0.3 is 0 Å². The van der Waals surface area contributed by atoms with Crippen molar-refractivity contribution in [1.82, 2.24) is 0 Å². The molecule has 0 amide bonds. The molecular weight excluding hydrogens is 205 g/mol. The fourth-order valence-electron chi connectivity index (χ4n) is 1.84. The fraction of sp³-hybridized carbons (Fsp3) is 0.700. The van der Waals surface area contributed by atoms with Crippen LogP contribution in [0.1, 0.15) is 13.3 Å². The largest absolute Gasteiger partial charge is 0.277 e. The van der Waals surface area contributed by atoms with Gasteiger partial charge in [-0.1, -0.05) is 24.6 Å². The van der Waals surface area contributed by atoms with Gasteiger partial charge in [0, 0.05) is 12.9 Å². The van der Waals surface area contributed by atoms with Crippen LogP contribution >= 0.6 is 23.2 Å². The summed E-state index contributed by atoms with van der Waals surface area (Å²) in [5.41, 5.74) is 0. The SMILES string of the molecule is CN=C(Cl)/C=C\C1C(C)CC1CCl. The molecule has 1 saturated carbocycles. The van der Waals surface area contributed by atoms with Crippen molar-refractivity contribution in [2.45, 2.75) is 13.3 Å². The number of hydrogen-bond acceptors (Lipinski definition) is 1. The lowest BCUT2D eigenvalue weighted by molar-refractivity contribution is 0.151. The molecule has 0 heterocycles. The van der Waals surface area contributed by atoms with E-state index in [1.807, 2.05) is 6.08 Å². The zero-order valence-corrected chi connectivity index (χ0v) is 9.52. The minimum absolute atomic E-state index is 0.562. The summed E-state index contributed by atoms with van der Waals surface area (Å²) in [6.45, 7) is 2.25. The molecule has 3 atom stereocenters. The lowest BCUT2D eigenvalue weighted by atomic mass is 9.66. The Hall–Kier alpha value is -0.0100. The minimum atomic E-state index is 0.562. The lowest BCUT2D eigenvalue weighted by Gasteiger charge is -2.40. The van der Waals surface area contributed by atoms with Crippen LogP contribution in [0.3, 0.4) is 0 Å². The molecule has 3 unspecified atom stereocenters. The third-order valence-corrected chi connectivity index (χ3v) is 3.44. The van der Waals surface area contributed by atoms with Crippen LogP contribution in [-0.2, 0) is 0 Å². The van der Waals surface area contributed by atoms with Crippen LogP contribution in [0.2, 0.25) is 0 Å². The van der Waals surface area contributed by atoms with Crippen molar-refractivity contribution >= 4 is 28.4 Å². The zero-order valence-electron chi connectivity index (χ0n) is 8.00. The van der Waals surface area contributed by atoms with Gasteiger partial charge in [-0.2, -0.15) is 0 Å². The normalized spacial score (nSPS) is 35.1. The number of rotatable bonds is 3. The van der Waals surface area contributed by atoms with Gasteiger partial charge in [0.25, 0.3) is 0 Å². The summed E-state index contributed by atoms with van der Waals surface area (Å²) in [4.78, 5) is 3.86. The molecule has 1 aliphatic rings. The Kier molecular flexibility index (Phi) is 4.27. The number of aliphatic imine (C=N–C) groups is 1. The van der Waals surface area contributed by atoms with Crippen molar-refractivity contribution in [3.05, 3.63) is 12.2 Å². The van der Waals surface area contributed by atoms with Crippen LogP contribution in [0, 0.1) is 17.8 Å². The predicted molar refractivity (Wildman–Crippen MR) is 59.8 cm³/mol. The number of allylic oxidation sites excluding steroid dienone is 2. The lowest BCUT2D eigenvalue weighted by Crippen LogP contribution is -2.34. The van der Waals surface area contributed by atoms with E-state index in [0.717, 1.165) is 11.8 Å². The van der Waals surface area contributed by atoms with Gasteiger partial charge in [0.2, 0.25) is 0 Å². The van der Waals surface area contributed by atoms with E-state index in [-0.39, 0.29) is 0 Å². The van der Waals surface area contributed by atoms with Crippen LogP contribution in [0.25, 0.3) is 0 Å². The Bertz CT molecular complexity index is 223. The van der Waals surface area contributed by atoms with Gasteiger partial charge in [0.05, 0.1) is 0 Å². The second-order valence-corrected chi connectivity index (χ2v) is 4.31. The van der Waals surface area contributed by atoms with Gasteiger partial charge in [0.15, 0.2) is 0 Å². The summed E-state index contributed by atoms with van der Waals surface area (Å²) in [5.74, 6) is 2.71. The summed E-state index contributed by atoms with van der Waals surface area (Å²) in [6.07, 6.45) is 5.25. The Labute approximate surface area is 89.8 Å². The molecule has 0 saturated heterocycles. The van der Waals surface area contributed by atoms with Crippen LogP contribution in [0.4, 0.5) is 0 Å². The fourth-order valence-corrected chi connectivity index (χ4v) is 2.24. The maximum Gasteiger partial charge on any atom is 0.122 e. The van der Waals surface area contributed by atoms with Crippen molar-refractivity contribution in [3.8, 4) is 0 Å². The molecule has 0 aromatic rings. The molecule has 74 valence electrons. The summed E-state index contributed by atoms with van der Waals surface area (Å²) in [7, 11) is 1.69. The van der Waals surface area contributed by atoms with Gasteiger partial charge in [-0.3, -0.25) is 4.99 Å². The van der Waals surface area contributed by atoms with E-state index in [4.69, 9.17) is 23.2 Å². The molecular formula is C10H15Cl2N. The first-order valence-corrected chi connectivity index (χ1v) is 5.46. The summed E-state index contributed by atoms with van der Waals surface area (Å²) < 4.78 is 0. The first-order valence-electron chi connectivity index (χ1n) is 4.55. The molecule has 0 bridgehead atoms. The van der Waals surface area contributed by atoms with Gasteiger partial charge in [0.1, 0.15) is 5.17 Å². The molecule has 0 aliphatic heterocycles. The third kappa shape index (κ3) is 2.72. The molecule has 1 fully saturated rings. The van der Waals surface area contributed by atoms with Crippen molar-refractivity contribution in [2.24, 2.45) is 22.7 Å². The third-order valence-electron chi connectivity index (χ3n) is 2.74. The number of hydrogen-bond donors (Lipinski definition) is 0. The molecule has 0 N–H and O–H groups in total. The van der Waals surface area contributed by atoms with Crippen molar-refractivity contribution in [1.29, 1.82) is 0 Å². The highest BCUT2D eigenvalue weighted by molar-refractivity contribution is 6.68. The summed E-state index contributed by atoms with van der Waals surface area (Å²) in [5, 5.41) is 0.562. The highest BCUT2D eigenvalue weighted by Crippen LogP contribution is 2.41. The highest BCUT2D eigenvalue weighted by atomic mass is 35.5. The standard InChI is InChI=1S/C10H15Cl2N/c1-7-5-8(6-11)9(7)3-4-10(12)13-2/h3-4,7-9H,5-6H2,1-2H3/b4-3-,13-10?. The molecule has 0 spiro atoms. The van der Waals surface area contributed by atoms with Crippen molar-refractivity contribution in [3.63, 3.8) is 0 Å². The van der Waals surface area contributed by atoms with Gasteiger partial charge in [-0.25, -0.2) is 0 Å². The molecule has 1 aliphatic carbocycles. The first-order chi connectivity index (χ1) is 6.19. The predicted octanol–water partition coefficient (Wildman–Crippen LogP) is 3.32. The maximum atomic E-state index is 5.82. The van der Waals surface area contributed by atoms with Crippen LogP contribution < -0.4 is 0 Å². The topological polar surface area (TPSA) is 12.4 Å². The summed E-state index contributed by atoms with van der Waals surface area (Å²) >= 11 is 11.6. The Balaban J connectivity index is 2.48. The number of nitrogens with zero attached hydrogens (tertiary/aromatic N) is 1. The van der Waals surface area contributed by atoms with E-state index in [0.29, 0.717) is 17.0 Å². The van der Waals surface area contributed by atoms with E-state index in [1.165, 1.54) is 6.42 Å². The summed E-state index contributed by atoms with van der Waals surface area (Å²) in [6, 6.07) is 0. The Morgan fingerprint density at radius 1 is 1.62 bits per heavy atom. The zero-order chi connectivity index (χ0) is 9.84. The quantitative estimate of drug-likeness (QED) is 0.511. The molecule has 0 aromatic carbocycles. The van der Waals surface area contributed by atoms with E-state index < -0.39 is 0 Å². The van der Waals surface area contributed by atoms with Gasteiger partial charge in [-0.15, -0.1) is 11.6 Å².